The summed E-state index contributed by atoms with van der Waals surface area (Å²) >= 11 is 0. The van der Waals surface area contributed by atoms with E-state index in [1.807, 2.05) is 17.9 Å². The summed E-state index contributed by atoms with van der Waals surface area (Å²) in [5.74, 6) is 0. The zero-order chi connectivity index (χ0) is 16.4. The number of aryl methyl sites for hydroxylation is 1. The van der Waals surface area contributed by atoms with Gasteiger partial charge in [0.25, 0.3) is 0 Å². The van der Waals surface area contributed by atoms with Crippen molar-refractivity contribution in [2.75, 3.05) is 31.1 Å². The van der Waals surface area contributed by atoms with Gasteiger partial charge in [0.2, 0.25) is 0 Å². The number of anilines is 1. The van der Waals surface area contributed by atoms with E-state index in [0.717, 1.165) is 32.7 Å². The molecule has 3 aromatic rings. The summed E-state index contributed by atoms with van der Waals surface area (Å²) in [6.07, 6.45) is 3.20. The molecule has 1 fully saturated rings. The Kier molecular flexibility index (Phi) is 4.22. The van der Waals surface area contributed by atoms with Gasteiger partial charge in [-0.3, -0.25) is 9.58 Å². The normalized spacial score (nSPS) is 16.5. The minimum Gasteiger partial charge on any atom is -0.370 e. The minimum atomic E-state index is 1.05. The van der Waals surface area contributed by atoms with Crippen molar-refractivity contribution >= 4 is 16.6 Å². The fraction of sp³-hybridized carbons (Fsp3) is 0.350. The maximum Gasteiger partial charge on any atom is 0.0700 e. The summed E-state index contributed by atoms with van der Waals surface area (Å²) in [5.41, 5.74) is 3.93. The van der Waals surface area contributed by atoms with Crippen molar-refractivity contribution in [2.24, 2.45) is 7.05 Å². The van der Waals surface area contributed by atoms with E-state index in [1.54, 1.807) is 0 Å². The lowest BCUT2D eigenvalue weighted by atomic mass is 10.2. The molecule has 124 valence electrons. The van der Waals surface area contributed by atoms with Gasteiger partial charge in [-0.05, 0) is 24.1 Å². The number of aromatic nitrogens is 2. The van der Waals surface area contributed by atoms with E-state index in [4.69, 9.17) is 0 Å². The van der Waals surface area contributed by atoms with Gasteiger partial charge in [0.05, 0.1) is 11.7 Å². The van der Waals surface area contributed by atoms with E-state index in [1.165, 1.54) is 28.6 Å². The Morgan fingerprint density at radius 1 is 0.917 bits per heavy atom. The van der Waals surface area contributed by atoms with Gasteiger partial charge in [0.15, 0.2) is 0 Å². The molecule has 0 atom stereocenters. The first-order valence-electron chi connectivity index (χ1n) is 8.73. The molecule has 2 aromatic carbocycles. The topological polar surface area (TPSA) is 24.3 Å². The first kappa shape index (κ1) is 15.2. The third kappa shape index (κ3) is 3.02. The molecule has 2 heterocycles. The van der Waals surface area contributed by atoms with Crippen molar-refractivity contribution in [1.82, 2.24) is 14.7 Å². The Morgan fingerprint density at radius 3 is 2.67 bits per heavy atom. The molecule has 0 N–H and O–H groups in total. The SMILES string of the molecule is Cn1ncc2c(N3CCCN(Cc4ccccc4)CC3)cccc21. The fourth-order valence-electron chi connectivity index (χ4n) is 3.65. The Morgan fingerprint density at radius 2 is 1.79 bits per heavy atom. The van der Waals surface area contributed by atoms with Gasteiger partial charge in [0.1, 0.15) is 0 Å². The highest BCUT2D eigenvalue weighted by atomic mass is 15.3. The van der Waals surface area contributed by atoms with Gasteiger partial charge >= 0.3 is 0 Å². The van der Waals surface area contributed by atoms with Crippen molar-refractivity contribution in [3.63, 3.8) is 0 Å². The third-order valence-corrected chi connectivity index (χ3v) is 4.95. The molecule has 1 aliphatic rings. The predicted octanol–water partition coefficient (Wildman–Crippen LogP) is 3.29. The van der Waals surface area contributed by atoms with Gasteiger partial charge in [-0.1, -0.05) is 36.4 Å². The molecule has 0 unspecified atom stereocenters. The van der Waals surface area contributed by atoms with Crippen LogP contribution in [0, 0.1) is 0 Å². The summed E-state index contributed by atoms with van der Waals surface area (Å²) in [5, 5.41) is 5.69. The van der Waals surface area contributed by atoms with E-state index in [2.05, 4.69) is 63.4 Å². The third-order valence-electron chi connectivity index (χ3n) is 4.95. The van der Waals surface area contributed by atoms with E-state index in [0.29, 0.717) is 0 Å². The zero-order valence-electron chi connectivity index (χ0n) is 14.2. The molecule has 4 nitrogen and oxygen atoms in total. The molecule has 1 aliphatic heterocycles. The van der Waals surface area contributed by atoms with Crippen LogP contribution in [0.3, 0.4) is 0 Å². The van der Waals surface area contributed by atoms with Crippen LogP contribution < -0.4 is 4.90 Å². The molecule has 0 aliphatic carbocycles. The van der Waals surface area contributed by atoms with Crippen molar-refractivity contribution in [1.29, 1.82) is 0 Å². The summed E-state index contributed by atoms with van der Waals surface area (Å²) in [4.78, 5) is 5.09. The van der Waals surface area contributed by atoms with Crippen LogP contribution in [0.4, 0.5) is 5.69 Å². The quantitative estimate of drug-likeness (QED) is 0.740. The van der Waals surface area contributed by atoms with Crippen LogP contribution in [0.2, 0.25) is 0 Å². The monoisotopic (exact) mass is 320 g/mol. The van der Waals surface area contributed by atoms with Crippen LogP contribution in [0.5, 0.6) is 0 Å². The van der Waals surface area contributed by atoms with E-state index in [9.17, 15) is 0 Å². The van der Waals surface area contributed by atoms with Gasteiger partial charge in [-0.2, -0.15) is 5.10 Å². The molecule has 0 radical (unpaired) electrons. The van der Waals surface area contributed by atoms with Crippen molar-refractivity contribution in [3.8, 4) is 0 Å². The van der Waals surface area contributed by atoms with Crippen LogP contribution in [0.1, 0.15) is 12.0 Å². The number of nitrogens with zero attached hydrogens (tertiary/aromatic N) is 4. The van der Waals surface area contributed by atoms with E-state index >= 15 is 0 Å². The maximum atomic E-state index is 4.43. The van der Waals surface area contributed by atoms with Gasteiger partial charge in [-0.25, -0.2) is 0 Å². The maximum absolute atomic E-state index is 4.43. The Labute approximate surface area is 143 Å². The molecule has 0 bridgehead atoms. The largest absolute Gasteiger partial charge is 0.370 e. The summed E-state index contributed by atoms with van der Waals surface area (Å²) in [6.45, 7) is 5.49. The Balaban J connectivity index is 1.50. The average molecular weight is 320 g/mol. The van der Waals surface area contributed by atoms with Crippen LogP contribution in [-0.4, -0.2) is 40.9 Å². The van der Waals surface area contributed by atoms with E-state index < -0.39 is 0 Å². The lowest BCUT2D eigenvalue weighted by molar-refractivity contribution is 0.285. The summed E-state index contributed by atoms with van der Waals surface area (Å²) in [6, 6.07) is 17.3. The highest BCUT2D eigenvalue weighted by molar-refractivity contribution is 5.91. The van der Waals surface area contributed by atoms with Gasteiger partial charge < -0.3 is 4.90 Å². The lowest BCUT2D eigenvalue weighted by Crippen LogP contribution is -2.30. The van der Waals surface area contributed by atoms with Crippen molar-refractivity contribution in [2.45, 2.75) is 13.0 Å². The second kappa shape index (κ2) is 6.65. The van der Waals surface area contributed by atoms with Gasteiger partial charge in [0, 0.05) is 50.8 Å². The molecular weight excluding hydrogens is 296 g/mol. The first-order chi connectivity index (χ1) is 11.8. The molecule has 0 amide bonds. The molecule has 4 rings (SSSR count). The molecule has 1 saturated heterocycles. The smallest absolute Gasteiger partial charge is 0.0700 e. The fourth-order valence-corrected chi connectivity index (χ4v) is 3.65. The average Bonchev–Trinajstić information content (AvgIpc) is 2.85. The molecule has 4 heteroatoms. The highest BCUT2D eigenvalue weighted by Gasteiger charge is 2.17. The van der Waals surface area contributed by atoms with Crippen LogP contribution in [0.15, 0.2) is 54.7 Å². The molecule has 24 heavy (non-hydrogen) atoms. The predicted molar refractivity (Wildman–Crippen MR) is 99.3 cm³/mol. The number of fused-ring (bicyclic) bond motifs is 1. The zero-order valence-corrected chi connectivity index (χ0v) is 14.2. The summed E-state index contributed by atoms with van der Waals surface area (Å²) < 4.78 is 1.96. The second-order valence-electron chi connectivity index (χ2n) is 6.58. The first-order valence-corrected chi connectivity index (χ1v) is 8.73. The van der Waals surface area contributed by atoms with Crippen LogP contribution in [0.25, 0.3) is 10.9 Å². The minimum absolute atomic E-state index is 1.05. The molecule has 0 saturated carbocycles. The standard InChI is InChI=1S/C20H24N4/c1-22-19-9-5-10-20(18(19)15-21-22)24-12-6-11-23(13-14-24)16-17-7-3-2-4-8-17/h2-5,7-10,15H,6,11-14,16H2,1H3. The van der Waals surface area contributed by atoms with Crippen LogP contribution >= 0.6 is 0 Å². The van der Waals surface area contributed by atoms with Crippen molar-refractivity contribution < 1.29 is 0 Å². The number of hydrogen-bond donors (Lipinski definition) is 0. The number of hydrogen-bond acceptors (Lipinski definition) is 3. The van der Waals surface area contributed by atoms with E-state index in [-0.39, 0.29) is 0 Å². The Bertz CT molecular complexity index is 809. The second-order valence-corrected chi connectivity index (χ2v) is 6.58. The molecular formula is C20H24N4. The van der Waals surface area contributed by atoms with Crippen LogP contribution in [-0.2, 0) is 13.6 Å². The highest BCUT2D eigenvalue weighted by Crippen LogP contribution is 2.27. The molecule has 1 aromatic heterocycles. The van der Waals surface area contributed by atoms with Crippen molar-refractivity contribution in [3.05, 3.63) is 60.3 Å². The lowest BCUT2D eigenvalue weighted by Gasteiger charge is -2.24. The number of benzene rings is 2. The number of rotatable bonds is 3. The van der Waals surface area contributed by atoms with Gasteiger partial charge in [-0.15, -0.1) is 0 Å². The Hall–Kier alpha value is -2.33. The summed E-state index contributed by atoms with van der Waals surface area (Å²) in [7, 11) is 2.01. The molecule has 0 spiro atoms.